The molecule has 0 fully saturated rings. The predicted octanol–water partition coefficient (Wildman–Crippen LogP) is 3.47. The van der Waals surface area contributed by atoms with Crippen LogP contribution in [0.15, 0.2) is 77.9 Å². The number of carbonyl (C=O) groups excluding carboxylic acids is 2. The van der Waals surface area contributed by atoms with Crippen LogP contribution in [-0.2, 0) is 22.6 Å². The summed E-state index contributed by atoms with van der Waals surface area (Å²) in [5.74, 6) is -0.947. The van der Waals surface area contributed by atoms with Crippen LogP contribution in [0.25, 0.3) is 16.8 Å². The number of hydrogen-bond acceptors (Lipinski definition) is 6. The number of fused-ring (bicyclic) bond motifs is 1. The number of carbonyl (C=O) groups is 2. The van der Waals surface area contributed by atoms with Gasteiger partial charge in [0.05, 0.1) is 18.3 Å². The van der Waals surface area contributed by atoms with Crippen LogP contribution in [0, 0.1) is 5.82 Å². The topological polar surface area (TPSA) is 132 Å². The maximum absolute atomic E-state index is 14.2. The Balaban J connectivity index is 1.37. The quantitative estimate of drug-likeness (QED) is 0.221. The van der Waals surface area contributed by atoms with Crippen LogP contribution < -0.4 is 21.2 Å². The van der Waals surface area contributed by atoms with Gasteiger partial charge in [0.25, 0.3) is 0 Å². The van der Waals surface area contributed by atoms with E-state index in [9.17, 15) is 23.9 Å². The second-order valence-electron chi connectivity index (χ2n) is 11.9. The van der Waals surface area contributed by atoms with Crippen LogP contribution in [0.5, 0.6) is 0 Å². The zero-order valence-corrected chi connectivity index (χ0v) is 25.0. The van der Waals surface area contributed by atoms with E-state index in [-0.39, 0.29) is 36.3 Å². The molecule has 0 spiro atoms. The van der Waals surface area contributed by atoms with Crippen molar-refractivity contribution < 1.29 is 19.1 Å². The van der Waals surface area contributed by atoms with E-state index in [0.29, 0.717) is 36.3 Å². The van der Waals surface area contributed by atoms with Crippen LogP contribution in [0.2, 0.25) is 0 Å². The van der Waals surface area contributed by atoms with Gasteiger partial charge in [-0.3, -0.25) is 14.6 Å². The number of benzene rings is 3. The van der Waals surface area contributed by atoms with Crippen molar-refractivity contribution in [2.24, 2.45) is 0 Å². The Morgan fingerprint density at radius 2 is 1.86 bits per heavy atom. The molecule has 2 amide bonds. The fourth-order valence-corrected chi connectivity index (χ4v) is 5.48. The SMILES string of the molecule is C[C@@H](O)CNC(C)(C)CC(=O)N[C@@H]1CCc2cc(F)ccc2N(Cc2ccc(-c3ccccc3-n3nc[nH]c3=O)cc2)C1=O. The molecular weight excluding hydrogens is 563 g/mol. The molecule has 2 atom stereocenters. The highest BCUT2D eigenvalue weighted by atomic mass is 19.1. The Morgan fingerprint density at radius 1 is 1.11 bits per heavy atom. The summed E-state index contributed by atoms with van der Waals surface area (Å²) in [5.41, 5.74) is 3.52. The zero-order chi connectivity index (χ0) is 31.4. The van der Waals surface area contributed by atoms with E-state index in [1.807, 2.05) is 62.4 Å². The minimum atomic E-state index is -0.788. The number of aromatic amines is 1. The van der Waals surface area contributed by atoms with Gasteiger partial charge < -0.3 is 20.6 Å². The fourth-order valence-electron chi connectivity index (χ4n) is 5.48. The molecule has 11 heteroatoms. The molecule has 4 aromatic rings. The highest BCUT2D eigenvalue weighted by Gasteiger charge is 2.33. The lowest BCUT2D eigenvalue weighted by Gasteiger charge is -2.29. The standard InChI is InChI=1S/C33H37FN6O4/c1-21(41)18-36-33(2,3)17-30(42)38-27-14-12-24-16-25(34)13-15-28(24)39(31(27)43)19-22-8-10-23(11-9-22)26-6-4-5-7-29(26)40-32(44)35-20-37-40/h4-11,13,15-16,20-21,27,36,41H,12,14,17-19H2,1-3H3,(H,38,42)(H,35,37,44)/t21-,27-/m1/s1. The lowest BCUT2D eigenvalue weighted by molar-refractivity contribution is -0.128. The van der Waals surface area contributed by atoms with Crippen LogP contribution in [-0.4, -0.2) is 55.9 Å². The molecule has 2 heterocycles. The number of anilines is 1. The molecule has 0 aliphatic carbocycles. The summed E-state index contributed by atoms with van der Waals surface area (Å²) in [7, 11) is 0. The number of halogens is 1. The van der Waals surface area contributed by atoms with E-state index in [2.05, 4.69) is 20.7 Å². The lowest BCUT2D eigenvalue weighted by atomic mass is 9.99. The number of H-pyrrole nitrogens is 1. The molecule has 0 radical (unpaired) electrons. The molecule has 0 saturated carbocycles. The Bertz CT molecular complexity index is 1690. The van der Waals surface area contributed by atoms with Crippen LogP contribution in [0.3, 0.4) is 0 Å². The summed E-state index contributed by atoms with van der Waals surface area (Å²) in [5, 5.41) is 19.8. The normalized spacial score (nSPS) is 15.9. The largest absolute Gasteiger partial charge is 0.392 e. The van der Waals surface area contributed by atoms with Crippen molar-refractivity contribution in [2.45, 2.75) is 64.3 Å². The molecule has 0 bridgehead atoms. The Morgan fingerprint density at radius 3 is 2.57 bits per heavy atom. The molecule has 230 valence electrons. The van der Waals surface area contributed by atoms with Gasteiger partial charge in [-0.2, -0.15) is 9.78 Å². The van der Waals surface area contributed by atoms with Crippen molar-refractivity contribution in [1.29, 1.82) is 0 Å². The average Bonchev–Trinajstić information content (AvgIpc) is 3.38. The number of aryl methyl sites for hydroxylation is 1. The van der Waals surface area contributed by atoms with E-state index in [0.717, 1.165) is 16.7 Å². The van der Waals surface area contributed by atoms with Gasteiger partial charge in [0.2, 0.25) is 11.8 Å². The summed E-state index contributed by atoms with van der Waals surface area (Å²) in [4.78, 5) is 43.4. The molecular formula is C33H37FN6O4. The van der Waals surface area contributed by atoms with Gasteiger partial charge in [-0.15, -0.1) is 0 Å². The summed E-state index contributed by atoms with van der Waals surface area (Å²) >= 11 is 0. The van der Waals surface area contributed by atoms with E-state index < -0.39 is 17.7 Å². The molecule has 1 aromatic heterocycles. The number of rotatable bonds is 10. The van der Waals surface area contributed by atoms with Gasteiger partial charge in [0.1, 0.15) is 18.2 Å². The van der Waals surface area contributed by atoms with Crippen molar-refractivity contribution in [3.63, 3.8) is 0 Å². The van der Waals surface area contributed by atoms with Crippen molar-refractivity contribution in [1.82, 2.24) is 25.4 Å². The van der Waals surface area contributed by atoms with E-state index in [1.165, 1.54) is 23.1 Å². The first kappa shape index (κ1) is 30.8. The first-order valence-electron chi connectivity index (χ1n) is 14.6. The minimum absolute atomic E-state index is 0.110. The summed E-state index contributed by atoms with van der Waals surface area (Å²) in [6.07, 6.45) is 1.65. The number of nitrogens with zero attached hydrogens (tertiary/aromatic N) is 3. The van der Waals surface area contributed by atoms with Crippen LogP contribution in [0.4, 0.5) is 10.1 Å². The molecule has 1 aliphatic rings. The summed E-state index contributed by atoms with van der Waals surface area (Å²) in [6.45, 7) is 5.95. The Kier molecular flexibility index (Phi) is 9.07. The smallest absolute Gasteiger partial charge is 0.347 e. The third-order valence-corrected chi connectivity index (χ3v) is 7.70. The Hall–Kier alpha value is -4.61. The lowest BCUT2D eigenvalue weighted by Crippen LogP contribution is -2.51. The second kappa shape index (κ2) is 12.9. The monoisotopic (exact) mass is 600 g/mol. The van der Waals surface area contributed by atoms with Crippen molar-refractivity contribution in [2.75, 3.05) is 11.4 Å². The maximum atomic E-state index is 14.2. The maximum Gasteiger partial charge on any atom is 0.347 e. The molecule has 3 aromatic carbocycles. The molecule has 44 heavy (non-hydrogen) atoms. The third-order valence-electron chi connectivity index (χ3n) is 7.70. The number of aromatic nitrogens is 3. The first-order valence-corrected chi connectivity index (χ1v) is 14.6. The predicted molar refractivity (Wildman–Crippen MR) is 166 cm³/mol. The molecule has 5 rings (SSSR count). The van der Waals surface area contributed by atoms with E-state index >= 15 is 0 Å². The molecule has 10 nitrogen and oxygen atoms in total. The number of para-hydroxylation sites is 1. The highest BCUT2D eigenvalue weighted by molar-refractivity contribution is 6.00. The number of β-amino-alcohol motifs (C(OH)–C–C–N with tert-alkyl or cyclic N) is 1. The first-order chi connectivity index (χ1) is 21.0. The van der Waals surface area contributed by atoms with Crippen molar-refractivity contribution in [3.05, 3.63) is 100 Å². The van der Waals surface area contributed by atoms with Gasteiger partial charge in [0.15, 0.2) is 0 Å². The average molecular weight is 601 g/mol. The van der Waals surface area contributed by atoms with E-state index in [4.69, 9.17) is 0 Å². The number of aliphatic hydroxyl groups is 1. The minimum Gasteiger partial charge on any atom is -0.392 e. The molecule has 0 saturated heterocycles. The van der Waals surface area contributed by atoms with Gasteiger partial charge in [-0.05, 0) is 74.6 Å². The second-order valence-corrected chi connectivity index (χ2v) is 11.9. The van der Waals surface area contributed by atoms with E-state index in [1.54, 1.807) is 17.9 Å². The third kappa shape index (κ3) is 7.12. The van der Waals surface area contributed by atoms with Gasteiger partial charge >= 0.3 is 5.69 Å². The Labute approximate surface area is 254 Å². The molecule has 1 aliphatic heterocycles. The van der Waals surface area contributed by atoms with Gasteiger partial charge in [0, 0.05) is 29.8 Å². The van der Waals surface area contributed by atoms with Crippen molar-refractivity contribution in [3.8, 4) is 16.8 Å². The molecule has 4 N–H and O–H groups in total. The zero-order valence-electron chi connectivity index (χ0n) is 25.0. The fraction of sp³-hybridized carbons (Fsp3) is 0.333. The van der Waals surface area contributed by atoms with Crippen LogP contribution in [0.1, 0.15) is 44.7 Å². The highest BCUT2D eigenvalue weighted by Crippen LogP contribution is 2.31. The summed E-state index contributed by atoms with van der Waals surface area (Å²) in [6, 6.07) is 18.7. The molecule has 0 unspecified atom stereocenters. The van der Waals surface area contributed by atoms with Crippen molar-refractivity contribution >= 4 is 17.5 Å². The van der Waals surface area contributed by atoms with Gasteiger partial charge in [-0.1, -0.05) is 42.5 Å². The number of amides is 2. The van der Waals surface area contributed by atoms with Gasteiger partial charge in [-0.25, -0.2) is 9.18 Å². The number of hydrogen-bond donors (Lipinski definition) is 4. The summed E-state index contributed by atoms with van der Waals surface area (Å²) < 4.78 is 15.5. The van der Waals surface area contributed by atoms with Crippen LogP contribution >= 0.6 is 0 Å². The number of aliphatic hydroxyl groups excluding tert-OH is 1. The number of nitrogens with one attached hydrogen (secondary N) is 3.